The molecule has 0 aliphatic heterocycles. The summed E-state index contributed by atoms with van der Waals surface area (Å²) in [4.78, 5) is 28.0. The summed E-state index contributed by atoms with van der Waals surface area (Å²) in [7, 11) is 0. The first-order valence-electron chi connectivity index (χ1n) is 12.1. The third-order valence-electron chi connectivity index (χ3n) is 6.42. The molecule has 3 aromatic carbocycles. The maximum atomic E-state index is 14.0. The molecule has 2 heterocycles. The molecule has 0 saturated heterocycles. The van der Waals surface area contributed by atoms with Gasteiger partial charge in [0.05, 0.1) is 35.0 Å². The normalized spacial score (nSPS) is 11.3. The molecule has 0 spiro atoms. The Balaban J connectivity index is 1.82. The topological polar surface area (TPSA) is 84.8 Å². The first-order valence-corrected chi connectivity index (χ1v) is 12.9. The van der Waals surface area contributed by atoms with E-state index in [4.69, 9.17) is 4.74 Å². The van der Waals surface area contributed by atoms with Crippen LogP contribution in [0, 0.1) is 13.8 Å². The van der Waals surface area contributed by atoms with E-state index in [0.717, 1.165) is 10.0 Å². The van der Waals surface area contributed by atoms with E-state index in [1.165, 1.54) is 9.36 Å². The lowest BCUT2D eigenvalue weighted by Crippen LogP contribution is -2.25. The van der Waals surface area contributed by atoms with Crippen LogP contribution in [0.25, 0.3) is 11.4 Å². The summed E-state index contributed by atoms with van der Waals surface area (Å²) in [6, 6.07) is 24.5. The number of aromatic nitrogens is 4. The maximum absolute atomic E-state index is 14.0. The second-order valence-corrected chi connectivity index (χ2v) is 9.72. The van der Waals surface area contributed by atoms with Gasteiger partial charge in [0.15, 0.2) is 0 Å². The molecule has 188 valence electrons. The Hall–Kier alpha value is -4.04. The van der Waals surface area contributed by atoms with Crippen LogP contribution in [0.2, 0.25) is 0 Å². The summed E-state index contributed by atoms with van der Waals surface area (Å²) in [5.41, 5.74) is 4.05. The highest BCUT2D eigenvalue weighted by Gasteiger charge is 2.33. The fourth-order valence-corrected chi connectivity index (χ4v) is 5.18. The number of hydrogen-bond donors (Lipinski definition) is 2. The quantitative estimate of drug-likeness (QED) is 0.272. The number of nitrogens with one attached hydrogen (secondary N) is 2. The van der Waals surface area contributed by atoms with E-state index >= 15 is 0 Å². The number of ether oxygens (including phenoxy) is 1. The number of para-hydroxylation sites is 2. The zero-order valence-corrected chi connectivity index (χ0v) is 22.4. The van der Waals surface area contributed by atoms with Crippen molar-refractivity contribution in [2.45, 2.75) is 26.7 Å². The number of benzene rings is 3. The average Bonchev–Trinajstić information content (AvgIpc) is 3.37. The van der Waals surface area contributed by atoms with Crippen LogP contribution in [-0.2, 0) is 0 Å². The lowest BCUT2D eigenvalue weighted by molar-refractivity contribution is 0.336. The fourth-order valence-electron chi connectivity index (χ4n) is 4.80. The second-order valence-electron chi connectivity index (χ2n) is 8.80. The van der Waals surface area contributed by atoms with Gasteiger partial charge in [0.1, 0.15) is 5.75 Å². The van der Waals surface area contributed by atoms with Gasteiger partial charge < -0.3 is 4.74 Å². The highest BCUT2D eigenvalue weighted by molar-refractivity contribution is 9.10. The van der Waals surface area contributed by atoms with Gasteiger partial charge in [-0.3, -0.25) is 19.8 Å². The van der Waals surface area contributed by atoms with Crippen molar-refractivity contribution in [2.24, 2.45) is 0 Å². The van der Waals surface area contributed by atoms with Crippen molar-refractivity contribution >= 4 is 15.9 Å². The molecule has 8 heteroatoms. The number of nitrogens with zero attached hydrogens (tertiary/aromatic N) is 2. The summed E-state index contributed by atoms with van der Waals surface area (Å²) >= 11 is 3.58. The highest BCUT2D eigenvalue weighted by atomic mass is 79.9. The minimum absolute atomic E-state index is 0.220. The Kier molecular flexibility index (Phi) is 6.76. The van der Waals surface area contributed by atoms with Crippen molar-refractivity contribution < 1.29 is 4.74 Å². The van der Waals surface area contributed by atoms with Crippen LogP contribution >= 0.6 is 15.9 Å². The van der Waals surface area contributed by atoms with Gasteiger partial charge in [-0.25, -0.2) is 9.36 Å². The van der Waals surface area contributed by atoms with E-state index in [-0.39, 0.29) is 11.1 Å². The summed E-state index contributed by atoms with van der Waals surface area (Å²) in [5.74, 6) is -0.0605. The fraction of sp³-hybridized carbons (Fsp3) is 0.172. The highest BCUT2D eigenvalue weighted by Crippen LogP contribution is 2.38. The molecule has 0 bridgehead atoms. The van der Waals surface area contributed by atoms with E-state index in [0.29, 0.717) is 46.2 Å². The molecule has 0 aliphatic rings. The Bertz CT molecular complexity index is 1570. The predicted molar refractivity (Wildman–Crippen MR) is 149 cm³/mol. The maximum Gasteiger partial charge on any atom is 0.275 e. The monoisotopic (exact) mass is 558 g/mol. The predicted octanol–water partition coefficient (Wildman–Crippen LogP) is 5.60. The van der Waals surface area contributed by atoms with Crippen molar-refractivity contribution in [1.82, 2.24) is 19.6 Å². The van der Waals surface area contributed by atoms with Crippen LogP contribution in [0.15, 0.2) is 92.9 Å². The summed E-state index contributed by atoms with van der Waals surface area (Å²) < 4.78 is 9.87. The van der Waals surface area contributed by atoms with E-state index in [1.807, 2.05) is 99.6 Å². The Labute approximate surface area is 222 Å². The SMILES string of the molecule is CCOc1ccc(Br)cc1C(c1c(C)[nH]n(-c2ccccc2)c1=O)c1c(C)[nH]n(-c2ccccc2)c1=O. The standard InChI is InChI=1S/C29H27BrN4O3/c1-4-37-24-16-15-20(30)17-23(24)27(25-18(2)31-33(28(25)35)21-11-7-5-8-12-21)26-19(3)32-34(29(26)36)22-13-9-6-10-14-22/h5-17,27,31-32H,4H2,1-3H3. The van der Waals surface area contributed by atoms with Gasteiger partial charge in [-0.15, -0.1) is 0 Å². The molecule has 0 atom stereocenters. The zero-order chi connectivity index (χ0) is 26.1. The zero-order valence-electron chi connectivity index (χ0n) is 20.8. The lowest BCUT2D eigenvalue weighted by atomic mass is 9.84. The minimum atomic E-state index is -0.679. The average molecular weight is 559 g/mol. The molecule has 0 radical (unpaired) electrons. The van der Waals surface area contributed by atoms with Crippen LogP contribution in [0.3, 0.4) is 0 Å². The Morgan fingerprint density at radius 1 is 0.784 bits per heavy atom. The van der Waals surface area contributed by atoms with Gasteiger partial charge in [0.2, 0.25) is 0 Å². The third-order valence-corrected chi connectivity index (χ3v) is 6.92. The van der Waals surface area contributed by atoms with E-state index in [2.05, 4.69) is 26.1 Å². The number of halogens is 1. The lowest BCUT2D eigenvalue weighted by Gasteiger charge is -2.20. The number of aryl methyl sites for hydroxylation is 2. The summed E-state index contributed by atoms with van der Waals surface area (Å²) in [6.07, 6.45) is 0. The molecular formula is C29H27BrN4O3. The van der Waals surface area contributed by atoms with Gasteiger partial charge in [-0.05, 0) is 63.2 Å². The van der Waals surface area contributed by atoms with Gasteiger partial charge in [-0.2, -0.15) is 0 Å². The van der Waals surface area contributed by atoms with E-state index < -0.39 is 5.92 Å². The van der Waals surface area contributed by atoms with E-state index in [9.17, 15) is 9.59 Å². The molecule has 2 N–H and O–H groups in total. The molecule has 7 nitrogen and oxygen atoms in total. The van der Waals surface area contributed by atoms with Gasteiger partial charge in [0, 0.05) is 21.4 Å². The van der Waals surface area contributed by atoms with Gasteiger partial charge in [-0.1, -0.05) is 52.3 Å². The molecular weight excluding hydrogens is 532 g/mol. The second kappa shape index (κ2) is 10.1. The Morgan fingerprint density at radius 2 is 1.27 bits per heavy atom. The van der Waals surface area contributed by atoms with Crippen molar-refractivity contribution in [3.63, 3.8) is 0 Å². The van der Waals surface area contributed by atoms with Crippen LogP contribution in [0.4, 0.5) is 0 Å². The van der Waals surface area contributed by atoms with Crippen molar-refractivity contribution in [2.75, 3.05) is 6.61 Å². The van der Waals surface area contributed by atoms with Crippen LogP contribution in [0.1, 0.15) is 40.9 Å². The van der Waals surface area contributed by atoms with Crippen LogP contribution < -0.4 is 15.9 Å². The number of rotatable bonds is 7. The summed E-state index contributed by atoms with van der Waals surface area (Å²) in [6.45, 7) is 6.08. The number of H-pyrrole nitrogens is 2. The first-order chi connectivity index (χ1) is 17.9. The summed E-state index contributed by atoms with van der Waals surface area (Å²) in [5, 5.41) is 6.45. The molecule has 0 saturated carbocycles. The molecule has 2 aromatic heterocycles. The molecule has 0 unspecified atom stereocenters. The van der Waals surface area contributed by atoms with Gasteiger partial charge >= 0.3 is 0 Å². The first kappa shape index (κ1) is 24.6. The van der Waals surface area contributed by atoms with Crippen LogP contribution in [-0.4, -0.2) is 26.2 Å². The Morgan fingerprint density at radius 3 is 1.73 bits per heavy atom. The number of hydrogen-bond acceptors (Lipinski definition) is 3. The smallest absolute Gasteiger partial charge is 0.275 e. The minimum Gasteiger partial charge on any atom is -0.494 e. The molecule has 0 aliphatic carbocycles. The van der Waals surface area contributed by atoms with Gasteiger partial charge in [0.25, 0.3) is 11.1 Å². The van der Waals surface area contributed by atoms with Crippen molar-refractivity contribution in [1.29, 1.82) is 0 Å². The number of aromatic amines is 2. The molecule has 0 fully saturated rings. The van der Waals surface area contributed by atoms with Crippen molar-refractivity contribution in [3.05, 3.63) is 132 Å². The third kappa shape index (κ3) is 4.49. The molecule has 0 amide bonds. The largest absolute Gasteiger partial charge is 0.494 e. The molecule has 5 aromatic rings. The van der Waals surface area contributed by atoms with Crippen molar-refractivity contribution in [3.8, 4) is 17.1 Å². The van der Waals surface area contributed by atoms with E-state index in [1.54, 1.807) is 0 Å². The van der Waals surface area contributed by atoms with Crippen LogP contribution in [0.5, 0.6) is 5.75 Å². The molecule has 37 heavy (non-hydrogen) atoms. The molecule has 5 rings (SSSR count).